The molecule has 114 valence electrons. The molecule has 2 saturated heterocycles. The Morgan fingerprint density at radius 1 is 1.35 bits per heavy atom. The molecule has 0 radical (unpaired) electrons. The molecule has 0 aromatic rings. The predicted molar refractivity (Wildman–Crippen MR) is 70.5 cm³/mol. The zero-order valence-electron chi connectivity index (χ0n) is 11.6. The number of hydrogen-bond acceptors (Lipinski definition) is 6. The summed E-state index contributed by atoms with van der Waals surface area (Å²) < 4.78 is 11.0. The standard InChI is InChI=1S/C12H22N4O4/c1-14-11(17)9-7-19-5-4-16(9)6-8-2-3-10(20-8)12(18)15-13/h8-10H,2-7,13H2,1H3,(H,14,17)(H,15,18). The number of likely N-dealkylation sites (N-methyl/N-ethyl adjacent to an activating group) is 1. The Hall–Kier alpha value is -1.22. The monoisotopic (exact) mass is 286 g/mol. The molecule has 0 aromatic carbocycles. The summed E-state index contributed by atoms with van der Waals surface area (Å²) >= 11 is 0. The number of morpholine rings is 1. The van der Waals surface area contributed by atoms with Crippen LogP contribution < -0.4 is 16.6 Å². The third kappa shape index (κ3) is 3.45. The second-order valence-electron chi connectivity index (χ2n) is 5.03. The second kappa shape index (κ2) is 6.98. The van der Waals surface area contributed by atoms with Crippen LogP contribution >= 0.6 is 0 Å². The number of carbonyl (C=O) groups is 2. The van der Waals surface area contributed by atoms with Gasteiger partial charge in [-0.2, -0.15) is 0 Å². The third-order valence-corrected chi connectivity index (χ3v) is 3.77. The highest BCUT2D eigenvalue weighted by molar-refractivity contribution is 5.81. The first-order chi connectivity index (χ1) is 9.65. The van der Waals surface area contributed by atoms with Gasteiger partial charge in [-0.25, -0.2) is 5.84 Å². The van der Waals surface area contributed by atoms with E-state index >= 15 is 0 Å². The van der Waals surface area contributed by atoms with Crippen molar-refractivity contribution in [2.75, 3.05) is 33.4 Å². The van der Waals surface area contributed by atoms with Crippen LogP contribution in [0.25, 0.3) is 0 Å². The highest BCUT2D eigenvalue weighted by Crippen LogP contribution is 2.22. The highest BCUT2D eigenvalue weighted by atomic mass is 16.5. The van der Waals surface area contributed by atoms with Crippen LogP contribution in [0, 0.1) is 0 Å². The number of nitrogens with zero attached hydrogens (tertiary/aromatic N) is 1. The van der Waals surface area contributed by atoms with Crippen molar-refractivity contribution in [2.24, 2.45) is 5.84 Å². The van der Waals surface area contributed by atoms with E-state index in [0.29, 0.717) is 32.7 Å². The van der Waals surface area contributed by atoms with Gasteiger partial charge < -0.3 is 14.8 Å². The van der Waals surface area contributed by atoms with E-state index in [-0.39, 0.29) is 24.0 Å². The van der Waals surface area contributed by atoms with E-state index in [1.54, 1.807) is 7.05 Å². The van der Waals surface area contributed by atoms with Crippen molar-refractivity contribution in [3.8, 4) is 0 Å². The summed E-state index contributed by atoms with van der Waals surface area (Å²) in [6.07, 6.45) is 0.908. The van der Waals surface area contributed by atoms with E-state index in [0.717, 1.165) is 6.42 Å². The molecule has 0 aromatic heterocycles. The minimum absolute atomic E-state index is 0.0532. The fourth-order valence-electron chi connectivity index (χ4n) is 2.65. The normalized spacial score (nSPS) is 31.0. The molecule has 20 heavy (non-hydrogen) atoms. The van der Waals surface area contributed by atoms with Crippen molar-refractivity contribution in [2.45, 2.75) is 31.1 Å². The third-order valence-electron chi connectivity index (χ3n) is 3.77. The molecule has 8 nitrogen and oxygen atoms in total. The Bertz CT molecular complexity index is 365. The molecule has 2 rings (SSSR count). The number of hydrogen-bond donors (Lipinski definition) is 3. The fraction of sp³-hybridized carbons (Fsp3) is 0.833. The van der Waals surface area contributed by atoms with Gasteiger partial charge in [0.25, 0.3) is 5.91 Å². The molecular formula is C12H22N4O4. The molecule has 2 aliphatic rings. The van der Waals surface area contributed by atoms with Crippen LogP contribution in [-0.4, -0.2) is 68.3 Å². The number of rotatable bonds is 4. The van der Waals surface area contributed by atoms with Crippen LogP contribution in [0.4, 0.5) is 0 Å². The smallest absolute Gasteiger partial charge is 0.263 e. The molecule has 8 heteroatoms. The lowest BCUT2D eigenvalue weighted by molar-refractivity contribution is -0.137. The number of amides is 2. The molecular weight excluding hydrogens is 264 g/mol. The van der Waals surface area contributed by atoms with Gasteiger partial charge in [0, 0.05) is 20.1 Å². The Labute approximate surface area is 117 Å². The molecule has 4 N–H and O–H groups in total. The van der Waals surface area contributed by atoms with E-state index in [2.05, 4.69) is 15.6 Å². The molecule has 3 atom stereocenters. The number of hydrazine groups is 1. The van der Waals surface area contributed by atoms with Crippen LogP contribution in [0.3, 0.4) is 0 Å². The van der Waals surface area contributed by atoms with Gasteiger partial charge in [0.05, 0.1) is 19.3 Å². The zero-order chi connectivity index (χ0) is 14.5. The van der Waals surface area contributed by atoms with E-state index in [1.165, 1.54) is 0 Å². The van der Waals surface area contributed by atoms with Crippen LogP contribution in [0.5, 0.6) is 0 Å². The van der Waals surface area contributed by atoms with Crippen LogP contribution in [-0.2, 0) is 19.1 Å². The van der Waals surface area contributed by atoms with Crippen molar-refractivity contribution >= 4 is 11.8 Å². The Morgan fingerprint density at radius 2 is 2.15 bits per heavy atom. The van der Waals surface area contributed by atoms with Gasteiger partial charge in [0.15, 0.2) is 0 Å². The summed E-state index contributed by atoms with van der Waals surface area (Å²) in [7, 11) is 1.61. The lowest BCUT2D eigenvalue weighted by Gasteiger charge is -2.35. The summed E-state index contributed by atoms with van der Waals surface area (Å²) in [4.78, 5) is 25.3. The zero-order valence-corrected chi connectivity index (χ0v) is 11.6. The maximum atomic E-state index is 11.8. The average Bonchev–Trinajstić information content (AvgIpc) is 2.94. The topological polar surface area (TPSA) is 106 Å². The largest absolute Gasteiger partial charge is 0.378 e. The molecule has 0 saturated carbocycles. The molecule has 2 heterocycles. The number of carbonyl (C=O) groups excluding carboxylic acids is 2. The molecule has 0 spiro atoms. The number of nitrogens with two attached hydrogens (primary N) is 1. The quantitative estimate of drug-likeness (QED) is 0.313. The molecule has 2 fully saturated rings. The van der Waals surface area contributed by atoms with Crippen LogP contribution in [0.15, 0.2) is 0 Å². The predicted octanol–water partition coefficient (Wildman–Crippen LogP) is -2.03. The van der Waals surface area contributed by atoms with Crippen LogP contribution in [0.1, 0.15) is 12.8 Å². The highest BCUT2D eigenvalue weighted by Gasteiger charge is 2.35. The SMILES string of the molecule is CNC(=O)C1COCCN1CC1CCC(C(=O)NN)O1. The van der Waals surface area contributed by atoms with Crippen molar-refractivity contribution in [1.82, 2.24) is 15.6 Å². The van der Waals surface area contributed by atoms with Gasteiger partial charge in [-0.1, -0.05) is 0 Å². The summed E-state index contributed by atoms with van der Waals surface area (Å²) in [5, 5.41) is 2.64. The van der Waals surface area contributed by atoms with Crippen LogP contribution in [0.2, 0.25) is 0 Å². The first kappa shape index (κ1) is 15.2. The van der Waals surface area contributed by atoms with Gasteiger partial charge in [-0.15, -0.1) is 0 Å². The minimum Gasteiger partial charge on any atom is -0.378 e. The molecule has 2 amide bonds. The Balaban J connectivity index is 1.88. The van der Waals surface area contributed by atoms with Crippen molar-refractivity contribution in [1.29, 1.82) is 0 Å². The average molecular weight is 286 g/mol. The lowest BCUT2D eigenvalue weighted by atomic mass is 10.1. The first-order valence-electron chi connectivity index (χ1n) is 6.85. The fourth-order valence-corrected chi connectivity index (χ4v) is 2.65. The molecule has 3 unspecified atom stereocenters. The minimum atomic E-state index is -0.482. The van der Waals surface area contributed by atoms with Crippen molar-refractivity contribution in [3.05, 3.63) is 0 Å². The lowest BCUT2D eigenvalue weighted by Crippen LogP contribution is -2.55. The summed E-state index contributed by atoms with van der Waals surface area (Å²) in [6, 6.07) is -0.292. The maximum absolute atomic E-state index is 11.8. The number of nitrogens with one attached hydrogen (secondary N) is 2. The van der Waals surface area contributed by atoms with E-state index in [4.69, 9.17) is 15.3 Å². The van der Waals surface area contributed by atoms with E-state index < -0.39 is 6.10 Å². The second-order valence-corrected chi connectivity index (χ2v) is 5.03. The Kier molecular flexibility index (Phi) is 5.30. The molecule has 0 aliphatic carbocycles. The Morgan fingerprint density at radius 3 is 2.85 bits per heavy atom. The van der Waals surface area contributed by atoms with Crippen molar-refractivity contribution in [3.63, 3.8) is 0 Å². The van der Waals surface area contributed by atoms with E-state index in [1.807, 2.05) is 0 Å². The summed E-state index contributed by atoms with van der Waals surface area (Å²) in [5.74, 6) is 4.75. The van der Waals surface area contributed by atoms with Gasteiger partial charge in [-0.3, -0.25) is 19.9 Å². The molecule has 0 bridgehead atoms. The van der Waals surface area contributed by atoms with Gasteiger partial charge >= 0.3 is 0 Å². The van der Waals surface area contributed by atoms with E-state index in [9.17, 15) is 9.59 Å². The molecule has 2 aliphatic heterocycles. The summed E-state index contributed by atoms with van der Waals surface area (Å²) in [5.41, 5.74) is 2.11. The van der Waals surface area contributed by atoms with Crippen molar-refractivity contribution < 1.29 is 19.1 Å². The summed E-state index contributed by atoms with van der Waals surface area (Å²) in [6.45, 7) is 2.30. The van der Waals surface area contributed by atoms with Gasteiger partial charge in [-0.05, 0) is 12.8 Å². The maximum Gasteiger partial charge on any atom is 0.263 e. The van der Waals surface area contributed by atoms with Gasteiger partial charge in [0.2, 0.25) is 5.91 Å². The number of ether oxygens (including phenoxy) is 2. The first-order valence-corrected chi connectivity index (χ1v) is 6.85. The van der Waals surface area contributed by atoms with Gasteiger partial charge in [0.1, 0.15) is 12.1 Å².